The molecule has 0 radical (unpaired) electrons. The molecule has 214 valence electrons. The van der Waals surface area contributed by atoms with Gasteiger partial charge in [0.1, 0.15) is 27.2 Å². The van der Waals surface area contributed by atoms with Crippen molar-refractivity contribution in [3.63, 3.8) is 0 Å². The number of phenolic OH excluding ortho intramolecular Hbond substituents is 1. The van der Waals surface area contributed by atoms with Crippen molar-refractivity contribution in [2.24, 2.45) is 0 Å². The summed E-state index contributed by atoms with van der Waals surface area (Å²) in [5, 5.41) is 21.8. The first-order chi connectivity index (χ1) is 20.9. The summed E-state index contributed by atoms with van der Waals surface area (Å²) in [4.78, 5) is 27.7. The number of benzene rings is 4. The van der Waals surface area contributed by atoms with Crippen molar-refractivity contribution in [1.82, 2.24) is 0 Å². The van der Waals surface area contributed by atoms with Gasteiger partial charge in [0.2, 0.25) is 11.1 Å². The third-order valence-electron chi connectivity index (χ3n) is 7.17. The van der Waals surface area contributed by atoms with E-state index in [9.17, 15) is 14.7 Å². The number of phenols is 1. The van der Waals surface area contributed by atoms with E-state index in [1.165, 1.54) is 26.4 Å². The first-order valence-electron chi connectivity index (χ1n) is 13.4. The summed E-state index contributed by atoms with van der Waals surface area (Å²) in [6, 6.07) is 33.8. The Labute approximate surface area is 249 Å². The third kappa shape index (κ3) is 5.06. The van der Waals surface area contributed by atoms with Gasteiger partial charge in [-0.1, -0.05) is 66.2 Å². The Morgan fingerprint density at radius 1 is 0.814 bits per heavy atom. The lowest BCUT2D eigenvalue weighted by molar-refractivity contribution is 0.0601. The van der Waals surface area contributed by atoms with Crippen molar-refractivity contribution in [2.75, 3.05) is 14.2 Å². The number of carbonyl (C=O) groups is 2. The number of rotatable bonds is 9. The lowest BCUT2D eigenvalue weighted by Crippen LogP contribution is -2.40. The molecule has 0 aliphatic rings. The molecule has 1 heterocycles. The number of allylic oxidation sites excluding steroid dienone is 1. The van der Waals surface area contributed by atoms with Crippen LogP contribution in [0.5, 0.6) is 11.7 Å². The monoisotopic (exact) mass is 590 g/mol. The van der Waals surface area contributed by atoms with Gasteiger partial charge in [0.25, 0.3) is 0 Å². The molecule has 5 aromatic rings. The first kappa shape index (κ1) is 29.3. The summed E-state index contributed by atoms with van der Waals surface area (Å²) in [5.41, 5.74) is 0.244. The van der Waals surface area contributed by atoms with Crippen LogP contribution in [0.2, 0.25) is 0 Å². The van der Waals surface area contributed by atoms with E-state index >= 15 is 0 Å². The van der Waals surface area contributed by atoms with Crippen LogP contribution in [0.3, 0.4) is 0 Å². The molecule has 0 aliphatic heterocycles. The predicted octanol–water partition coefficient (Wildman–Crippen LogP) is 5.22. The van der Waals surface area contributed by atoms with Crippen molar-refractivity contribution in [3.8, 4) is 11.7 Å². The standard InChI is InChI=1S/C35H28NO6P/c1-23-19-20-29(37)27(21-23)31(38)28(22-36)32-30(34(39)40-2)33(35(41-3)42-32)43(24-13-7-4-8-14-24,25-15-9-5-10-16-25)26-17-11-6-12-18-26/h4-21,36H,1-3H3/p+1. The van der Waals surface area contributed by atoms with Gasteiger partial charge < -0.3 is 19.0 Å². The van der Waals surface area contributed by atoms with Crippen LogP contribution in [-0.2, 0) is 4.74 Å². The quantitative estimate of drug-likeness (QED) is 0.0801. The molecule has 0 bridgehead atoms. The van der Waals surface area contributed by atoms with Crippen molar-refractivity contribution in [3.05, 3.63) is 132 Å². The Morgan fingerprint density at radius 2 is 1.33 bits per heavy atom. The number of aromatic hydroxyl groups is 1. The molecule has 0 fully saturated rings. The SMILES string of the molecule is COC(=O)c1c(C(=C=N)C(=O)c2cc(C)ccc2O)oc(OC)c1[P+](c1ccccc1)(c1ccccc1)c1ccccc1. The van der Waals surface area contributed by atoms with Crippen LogP contribution in [0.4, 0.5) is 0 Å². The van der Waals surface area contributed by atoms with Gasteiger partial charge >= 0.3 is 11.9 Å². The number of furan rings is 1. The molecule has 0 saturated carbocycles. The lowest BCUT2D eigenvalue weighted by Gasteiger charge is -2.27. The predicted molar refractivity (Wildman–Crippen MR) is 170 cm³/mol. The van der Waals surface area contributed by atoms with Gasteiger partial charge in [-0.15, -0.1) is 0 Å². The molecule has 4 aromatic carbocycles. The largest absolute Gasteiger partial charge is 0.507 e. The Kier molecular flexibility index (Phi) is 8.40. The Hall–Kier alpha value is -5.22. The van der Waals surface area contributed by atoms with Crippen LogP contribution in [0.25, 0.3) is 5.57 Å². The Morgan fingerprint density at radius 3 is 1.77 bits per heavy atom. The summed E-state index contributed by atoms with van der Waals surface area (Å²) >= 11 is 0. The number of aryl methyl sites for hydroxylation is 1. The lowest BCUT2D eigenvalue weighted by atomic mass is 9.98. The fraction of sp³-hybridized carbons (Fsp3) is 0.0857. The maximum Gasteiger partial charge on any atom is 0.346 e. The topological polar surface area (TPSA) is 110 Å². The van der Waals surface area contributed by atoms with Gasteiger partial charge in [-0.05, 0) is 61.3 Å². The van der Waals surface area contributed by atoms with E-state index in [1.54, 1.807) is 13.0 Å². The summed E-state index contributed by atoms with van der Waals surface area (Å²) < 4.78 is 17.4. The highest BCUT2D eigenvalue weighted by molar-refractivity contribution is 8.01. The van der Waals surface area contributed by atoms with Crippen molar-refractivity contribution >= 4 is 51.7 Å². The molecule has 0 aliphatic carbocycles. The number of nitrogens with one attached hydrogen (secondary N) is 1. The average Bonchev–Trinajstić information content (AvgIpc) is 3.43. The van der Waals surface area contributed by atoms with E-state index in [0.717, 1.165) is 21.5 Å². The van der Waals surface area contributed by atoms with Crippen molar-refractivity contribution < 1.29 is 28.6 Å². The second-order valence-corrected chi connectivity index (χ2v) is 13.0. The number of hydrogen-bond acceptors (Lipinski definition) is 7. The molecule has 8 heteroatoms. The number of ketones is 1. The van der Waals surface area contributed by atoms with Gasteiger partial charge in [-0.3, -0.25) is 10.2 Å². The molecule has 0 unspecified atom stereocenters. The normalized spacial score (nSPS) is 11.0. The molecule has 0 atom stereocenters. The van der Waals surface area contributed by atoms with Gasteiger partial charge in [0.05, 0.1) is 19.8 Å². The molecule has 0 amide bonds. The van der Waals surface area contributed by atoms with Gasteiger partial charge in [-0.2, -0.15) is 0 Å². The Bertz CT molecular complexity index is 1750. The van der Waals surface area contributed by atoms with Crippen molar-refractivity contribution in [1.29, 1.82) is 5.41 Å². The van der Waals surface area contributed by atoms with Crippen LogP contribution < -0.4 is 26.0 Å². The van der Waals surface area contributed by atoms with Gasteiger partial charge in [-0.25, -0.2) is 4.79 Å². The van der Waals surface area contributed by atoms with Crippen LogP contribution in [0.15, 0.2) is 114 Å². The molecular formula is C35H29NO6P+. The second kappa shape index (κ2) is 12.3. The number of Topliss-reactive ketones (excluding diaryl/α,β-unsaturated/α-hetero) is 1. The van der Waals surface area contributed by atoms with Crippen LogP contribution in [-0.4, -0.2) is 36.9 Å². The zero-order valence-corrected chi connectivity index (χ0v) is 24.7. The molecule has 43 heavy (non-hydrogen) atoms. The number of esters is 1. The maximum atomic E-state index is 13.9. The molecule has 5 rings (SSSR count). The summed E-state index contributed by atoms with van der Waals surface area (Å²) in [6.07, 6.45) is 0. The molecule has 0 saturated heterocycles. The highest BCUT2D eigenvalue weighted by Crippen LogP contribution is 2.58. The minimum absolute atomic E-state index is 0.00527. The molecule has 7 nitrogen and oxygen atoms in total. The van der Waals surface area contributed by atoms with E-state index in [2.05, 4.69) is 5.87 Å². The fourth-order valence-electron chi connectivity index (χ4n) is 5.28. The maximum absolute atomic E-state index is 13.9. The van der Waals surface area contributed by atoms with Crippen LogP contribution in [0.1, 0.15) is 32.0 Å². The fourth-order valence-corrected chi connectivity index (χ4v) is 9.75. The smallest absolute Gasteiger partial charge is 0.346 e. The summed E-state index contributed by atoms with van der Waals surface area (Å²) in [6.45, 7) is 1.77. The second-order valence-electron chi connectivity index (χ2n) is 9.67. The summed E-state index contributed by atoms with van der Waals surface area (Å²) in [5.74, 6) is 0.145. The summed E-state index contributed by atoms with van der Waals surface area (Å²) in [7, 11) is -0.333. The Balaban J connectivity index is 1.95. The molecule has 1 aromatic heterocycles. The molecule has 0 spiro atoms. The van der Waals surface area contributed by atoms with E-state index in [4.69, 9.17) is 19.3 Å². The van der Waals surface area contributed by atoms with Crippen LogP contribution in [0, 0.1) is 12.3 Å². The highest BCUT2D eigenvalue weighted by atomic mass is 31.2. The zero-order chi connectivity index (χ0) is 30.6. The van der Waals surface area contributed by atoms with E-state index < -0.39 is 19.0 Å². The third-order valence-corrected chi connectivity index (χ3v) is 11.5. The molecular weight excluding hydrogens is 561 g/mol. The van der Waals surface area contributed by atoms with E-state index in [1.807, 2.05) is 91.0 Å². The number of ether oxygens (including phenoxy) is 2. The zero-order valence-electron chi connectivity index (χ0n) is 23.8. The molecule has 2 N–H and O–H groups in total. The minimum atomic E-state index is -3.00. The number of methoxy groups -OCH3 is 2. The van der Waals surface area contributed by atoms with E-state index in [0.29, 0.717) is 5.30 Å². The van der Waals surface area contributed by atoms with Gasteiger partial charge in [0.15, 0.2) is 18.6 Å². The number of hydrogen-bond donors (Lipinski definition) is 2. The minimum Gasteiger partial charge on any atom is -0.507 e. The number of carbonyl (C=O) groups excluding carboxylic acids is 2. The van der Waals surface area contributed by atoms with Crippen molar-refractivity contribution in [2.45, 2.75) is 6.92 Å². The van der Waals surface area contributed by atoms with Gasteiger partial charge in [0, 0.05) is 0 Å². The first-order valence-corrected chi connectivity index (χ1v) is 15.2. The van der Waals surface area contributed by atoms with Crippen LogP contribution >= 0.6 is 7.26 Å². The average molecular weight is 591 g/mol. The van der Waals surface area contributed by atoms with E-state index in [-0.39, 0.29) is 34.2 Å². The highest BCUT2D eigenvalue weighted by Gasteiger charge is 2.56.